The number of methoxy groups -OCH3 is 1. The Morgan fingerprint density at radius 2 is 2.11 bits per heavy atom. The lowest BCUT2D eigenvalue weighted by molar-refractivity contribution is -0.143. The maximum absolute atomic E-state index is 11.6. The van der Waals surface area contributed by atoms with E-state index in [9.17, 15) is 4.79 Å². The largest absolute Gasteiger partial charge is 0.468 e. The lowest BCUT2D eigenvalue weighted by atomic mass is 10.1. The molecule has 0 spiro atoms. The molecule has 0 aliphatic rings. The Balaban J connectivity index is 2.71. The van der Waals surface area contributed by atoms with Gasteiger partial charge in [-0.1, -0.05) is 13.8 Å². The van der Waals surface area contributed by atoms with Gasteiger partial charge in [0.2, 0.25) is 0 Å². The van der Waals surface area contributed by atoms with Crippen LogP contribution in [0.4, 0.5) is 0 Å². The predicted molar refractivity (Wildman–Crippen MR) is 75.2 cm³/mol. The topological polar surface area (TPSA) is 56.2 Å². The van der Waals surface area contributed by atoms with Crippen LogP contribution in [0.1, 0.15) is 37.2 Å². The molecule has 0 aliphatic carbocycles. The van der Waals surface area contributed by atoms with Crippen LogP contribution in [0.15, 0.2) is 0 Å². The number of carbonyl (C=O) groups is 1. The monoisotopic (exact) mass is 267 g/mol. The first-order valence-corrected chi connectivity index (χ1v) is 6.89. The quantitative estimate of drug-likeness (QED) is 0.762. The summed E-state index contributed by atoms with van der Waals surface area (Å²) in [5.41, 5.74) is 3.58. The maximum Gasteiger partial charge on any atom is 0.322 e. The molecule has 0 amide bonds. The number of ether oxygens (including phenoxy) is 1. The Kier molecular flexibility index (Phi) is 6.02. The van der Waals surface area contributed by atoms with Crippen LogP contribution in [0.2, 0.25) is 0 Å². The van der Waals surface area contributed by atoms with Crippen LogP contribution in [0.3, 0.4) is 0 Å². The number of nitrogens with zero attached hydrogens (tertiary/aromatic N) is 2. The van der Waals surface area contributed by atoms with E-state index in [2.05, 4.69) is 24.3 Å². The third-order valence-corrected chi connectivity index (χ3v) is 3.45. The molecule has 1 aromatic heterocycles. The highest BCUT2D eigenvalue weighted by molar-refractivity contribution is 5.75. The van der Waals surface area contributed by atoms with Gasteiger partial charge in [0.05, 0.1) is 12.8 Å². The van der Waals surface area contributed by atoms with E-state index < -0.39 is 0 Å². The van der Waals surface area contributed by atoms with Gasteiger partial charge in [-0.3, -0.25) is 9.48 Å². The SMILES string of the molecule is CCNC(CCn1nc(C)c(CC)c1C)C(=O)OC. The third kappa shape index (κ3) is 3.80. The fourth-order valence-corrected chi connectivity index (χ4v) is 2.41. The number of carbonyl (C=O) groups excluding carboxylic acids is 1. The molecule has 1 aromatic rings. The van der Waals surface area contributed by atoms with Crippen LogP contribution in [-0.2, 0) is 22.5 Å². The van der Waals surface area contributed by atoms with Crippen molar-refractivity contribution in [3.63, 3.8) is 0 Å². The molecule has 1 unspecified atom stereocenters. The first kappa shape index (κ1) is 15.7. The average molecular weight is 267 g/mol. The lowest BCUT2D eigenvalue weighted by Gasteiger charge is -2.15. The molecule has 0 bridgehead atoms. The van der Waals surface area contributed by atoms with Crippen molar-refractivity contribution in [1.82, 2.24) is 15.1 Å². The molecule has 0 radical (unpaired) electrons. The molecule has 1 rings (SSSR count). The average Bonchev–Trinajstić information content (AvgIpc) is 2.68. The highest BCUT2D eigenvalue weighted by Gasteiger charge is 2.18. The third-order valence-electron chi connectivity index (χ3n) is 3.45. The summed E-state index contributed by atoms with van der Waals surface area (Å²) in [5.74, 6) is -0.209. The molecule has 108 valence electrons. The maximum atomic E-state index is 11.6. The first-order valence-electron chi connectivity index (χ1n) is 6.89. The molecule has 5 nitrogen and oxygen atoms in total. The molecule has 1 heterocycles. The van der Waals surface area contributed by atoms with E-state index >= 15 is 0 Å². The van der Waals surface area contributed by atoms with Crippen LogP contribution in [-0.4, -0.2) is 35.4 Å². The van der Waals surface area contributed by atoms with Gasteiger partial charge in [0.25, 0.3) is 0 Å². The van der Waals surface area contributed by atoms with Gasteiger partial charge in [0, 0.05) is 12.2 Å². The molecule has 0 aromatic carbocycles. The minimum absolute atomic E-state index is 0.209. The summed E-state index contributed by atoms with van der Waals surface area (Å²) in [7, 11) is 1.42. The Hall–Kier alpha value is -1.36. The Morgan fingerprint density at radius 3 is 2.58 bits per heavy atom. The van der Waals surface area contributed by atoms with Crippen molar-refractivity contribution >= 4 is 5.97 Å². The normalized spacial score (nSPS) is 12.5. The van der Waals surface area contributed by atoms with Gasteiger partial charge in [-0.15, -0.1) is 0 Å². The molecule has 19 heavy (non-hydrogen) atoms. The summed E-state index contributed by atoms with van der Waals surface area (Å²) in [6, 6.07) is -0.260. The summed E-state index contributed by atoms with van der Waals surface area (Å²) in [6.45, 7) is 9.70. The zero-order valence-electron chi connectivity index (χ0n) is 12.6. The predicted octanol–water partition coefficient (Wildman–Crippen LogP) is 1.60. The Bertz CT molecular complexity index is 427. The van der Waals surface area contributed by atoms with Crippen molar-refractivity contribution in [1.29, 1.82) is 0 Å². The summed E-state index contributed by atoms with van der Waals surface area (Å²) in [6.07, 6.45) is 1.68. The Labute approximate surface area is 115 Å². The Morgan fingerprint density at radius 1 is 1.42 bits per heavy atom. The van der Waals surface area contributed by atoms with E-state index in [0.717, 1.165) is 25.2 Å². The molecule has 0 fully saturated rings. The van der Waals surface area contributed by atoms with E-state index in [1.807, 2.05) is 18.5 Å². The first-order chi connectivity index (χ1) is 9.04. The minimum Gasteiger partial charge on any atom is -0.468 e. The fraction of sp³-hybridized carbons (Fsp3) is 0.714. The van der Waals surface area contributed by atoms with E-state index in [1.54, 1.807) is 0 Å². The second-order valence-corrected chi connectivity index (χ2v) is 4.65. The van der Waals surface area contributed by atoms with Crippen LogP contribution < -0.4 is 5.32 Å². The zero-order chi connectivity index (χ0) is 14.4. The summed E-state index contributed by atoms with van der Waals surface area (Å²) in [4.78, 5) is 11.6. The van der Waals surface area contributed by atoms with Crippen molar-refractivity contribution in [2.45, 2.75) is 53.1 Å². The standard InChI is InChI=1S/C14H25N3O2/c1-6-12-10(3)16-17(11(12)4)9-8-13(15-7-2)14(18)19-5/h13,15H,6-9H2,1-5H3. The number of rotatable bonds is 7. The van der Waals surface area contributed by atoms with Gasteiger partial charge in [-0.05, 0) is 38.8 Å². The number of esters is 1. The van der Waals surface area contributed by atoms with Gasteiger partial charge in [-0.2, -0.15) is 5.10 Å². The van der Waals surface area contributed by atoms with E-state index in [0.29, 0.717) is 6.42 Å². The minimum atomic E-state index is -0.260. The summed E-state index contributed by atoms with van der Waals surface area (Å²) >= 11 is 0. The molecule has 0 aliphatic heterocycles. The summed E-state index contributed by atoms with van der Waals surface area (Å²) < 4.78 is 6.79. The highest BCUT2D eigenvalue weighted by atomic mass is 16.5. The van der Waals surface area contributed by atoms with Gasteiger partial charge in [-0.25, -0.2) is 0 Å². The van der Waals surface area contributed by atoms with Crippen molar-refractivity contribution in [3.05, 3.63) is 17.0 Å². The fourth-order valence-electron chi connectivity index (χ4n) is 2.41. The highest BCUT2D eigenvalue weighted by Crippen LogP contribution is 2.14. The molecule has 0 saturated heterocycles. The van der Waals surface area contributed by atoms with Crippen molar-refractivity contribution in [3.8, 4) is 0 Å². The van der Waals surface area contributed by atoms with Crippen LogP contribution in [0.5, 0.6) is 0 Å². The number of aromatic nitrogens is 2. The zero-order valence-corrected chi connectivity index (χ0v) is 12.6. The molecular formula is C14H25N3O2. The molecule has 1 atom stereocenters. The van der Waals surface area contributed by atoms with E-state index in [-0.39, 0.29) is 12.0 Å². The van der Waals surface area contributed by atoms with Crippen molar-refractivity contribution in [2.75, 3.05) is 13.7 Å². The van der Waals surface area contributed by atoms with Gasteiger partial charge in [0.15, 0.2) is 0 Å². The number of hydrogen-bond acceptors (Lipinski definition) is 4. The molecular weight excluding hydrogens is 242 g/mol. The molecule has 1 N–H and O–H groups in total. The second kappa shape index (κ2) is 7.28. The van der Waals surface area contributed by atoms with E-state index in [4.69, 9.17) is 4.74 Å². The smallest absolute Gasteiger partial charge is 0.322 e. The number of likely N-dealkylation sites (N-methyl/N-ethyl adjacent to an activating group) is 1. The van der Waals surface area contributed by atoms with Gasteiger partial charge < -0.3 is 10.1 Å². The molecule has 0 saturated carbocycles. The van der Waals surface area contributed by atoms with Crippen LogP contribution in [0.25, 0.3) is 0 Å². The summed E-state index contributed by atoms with van der Waals surface area (Å²) in [5, 5.41) is 7.68. The molecule has 5 heteroatoms. The number of nitrogens with one attached hydrogen (secondary N) is 1. The number of aryl methyl sites for hydroxylation is 2. The van der Waals surface area contributed by atoms with E-state index in [1.165, 1.54) is 18.4 Å². The second-order valence-electron chi connectivity index (χ2n) is 4.65. The van der Waals surface area contributed by atoms with Crippen molar-refractivity contribution < 1.29 is 9.53 Å². The van der Waals surface area contributed by atoms with Crippen LogP contribution >= 0.6 is 0 Å². The number of hydrogen-bond donors (Lipinski definition) is 1. The van der Waals surface area contributed by atoms with Crippen molar-refractivity contribution in [2.24, 2.45) is 0 Å². The van der Waals surface area contributed by atoms with Gasteiger partial charge >= 0.3 is 5.97 Å². The van der Waals surface area contributed by atoms with Gasteiger partial charge in [0.1, 0.15) is 6.04 Å². The lowest BCUT2D eigenvalue weighted by Crippen LogP contribution is -2.38. The van der Waals surface area contributed by atoms with Crippen LogP contribution in [0, 0.1) is 13.8 Å².